The van der Waals surface area contributed by atoms with Crippen molar-refractivity contribution in [2.45, 2.75) is 11.7 Å². The minimum Gasteiger partial charge on any atom is -0.492 e. The standard InChI is InChI=1S/C11H11ClFNO4S/c1-18-11-8(13)3-2-4-9(11)14-6-7(5-10(14)15)19(12,16)17/h2-4,7H,5-6H2,1H3. The number of benzene rings is 1. The summed E-state index contributed by atoms with van der Waals surface area (Å²) in [7, 11) is 2.70. The molecule has 0 aromatic heterocycles. The number of carbonyl (C=O) groups is 1. The van der Waals surface area contributed by atoms with Crippen LogP contribution in [0.3, 0.4) is 0 Å². The highest BCUT2D eigenvalue weighted by Crippen LogP contribution is 2.35. The van der Waals surface area contributed by atoms with Crippen molar-refractivity contribution >= 4 is 31.3 Å². The summed E-state index contributed by atoms with van der Waals surface area (Å²) in [4.78, 5) is 13.0. The number of carbonyl (C=O) groups excluding carboxylic acids is 1. The molecule has 0 aliphatic carbocycles. The molecule has 1 aliphatic heterocycles. The van der Waals surface area contributed by atoms with Gasteiger partial charge in [-0.2, -0.15) is 0 Å². The number of ether oxygens (including phenoxy) is 1. The topological polar surface area (TPSA) is 63.7 Å². The first kappa shape index (κ1) is 14.1. The minimum absolute atomic E-state index is 0.0940. The van der Waals surface area contributed by atoms with Crippen molar-refractivity contribution in [1.82, 2.24) is 0 Å². The highest BCUT2D eigenvalue weighted by atomic mass is 35.7. The molecule has 104 valence electrons. The normalized spacial score (nSPS) is 19.8. The van der Waals surface area contributed by atoms with Crippen LogP contribution in [0.2, 0.25) is 0 Å². The molecule has 1 aliphatic rings. The first-order chi connectivity index (χ1) is 8.84. The summed E-state index contributed by atoms with van der Waals surface area (Å²) in [5.41, 5.74) is 0.204. The van der Waals surface area contributed by atoms with E-state index < -0.39 is 26.0 Å². The van der Waals surface area contributed by atoms with E-state index in [-0.39, 0.29) is 24.4 Å². The molecule has 1 atom stereocenters. The number of halogens is 2. The van der Waals surface area contributed by atoms with E-state index in [9.17, 15) is 17.6 Å². The van der Waals surface area contributed by atoms with Crippen LogP contribution in [-0.2, 0) is 13.8 Å². The number of hydrogen-bond donors (Lipinski definition) is 0. The lowest BCUT2D eigenvalue weighted by Crippen LogP contribution is -2.27. The fraction of sp³-hybridized carbons (Fsp3) is 0.364. The molecule has 0 spiro atoms. The molecule has 1 saturated heterocycles. The number of nitrogens with zero attached hydrogens (tertiary/aromatic N) is 1. The average molecular weight is 308 g/mol. The lowest BCUT2D eigenvalue weighted by atomic mass is 10.2. The van der Waals surface area contributed by atoms with Crippen molar-refractivity contribution < 1.29 is 22.3 Å². The van der Waals surface area contributed by atoms with Crippen molar-refractivity contribution in [3.05, 3.63) is 24.0 Å². The van der Waals surface area contributed by atoms with Gasteiger partial charge in [-0.15, -0.1) is 0 Å². The Hall–Kier alpha value is -1.34. The first-order valence-electron chi connectivity index (χ1n) is 5.41. The molecule has 2 rings (SSSR count). The van der Waals surface area contributed by atoms with E-state index in [0.29, 0.717) is 0 Å². The Kier molecular flexibility index (Phi) is 3.69. The van der Waals surface area contributed by atoms with Crippen LogP contribution in [0.4, 0.5) is 10.1 Å². The third kappa shape index (κ3) is 2.66. The molecule has 1 amide bonds. The minimum atomic E-state index is -3.83. The maximum atomic E-state index is 13.6. The molecule has 1 aromatic carbocycles. The predicted molar refractivity (Wildman–Crippen MR) is 68.5 cm³/mol. The number of para-hydroxylation sites is 1. The molecule has 0 saturated carbocycles. The average Bonchev–Trinajstić information content (AvgIpc) is 2.70. The highest BCUT2D eigenvalue weighted by Gasteiger charge is 2.39. The number of anilines is 1. The van der Waals surface area contributed by atoms with Gasteiger partial charge in [0.1, 0.15) is 5.25 Å². The Balaban J connectivity index is 2.39. The van der Waals surface area contributed by atoms with E-state index in [4.69, 9.17) is 15.4 Å². The van der Waals surface area contributed by atoms with Crippen molar-refractivity contribution in [3.8, 4) is 5.75 Å². The van der Waals surface area contributed by atoms with Gasteiger partial charge in [0, 0.05) is 23.6 Å². The largest absolute Gasteiger partial charge is 0.492 e. The Morgan fingerprint density at radius 2 is 2.16 bits per heavy atom. The number of amides is 1. The maximum Gasteiger partial charge on any atom is 0.237 e. The Morgan fingerprint density at radius 3 is 2.68 bits per heavy atom. The SMILES string of the molecule is COc1c(F)cccc1N1CC(S(=O)(=O)Cl)CC1=O. The van der Waals surface area contributed by atoms with Crippen molar-refractivity contribution in [2.75, 3.05) is 18.6 Å². The van der Waals surface area contributed by atoms with Gasteiger partial charge in [-0.05, 0) is 12.1 Å². The summed E-state index contributed by atoms with van der Waals surface area (Å²) in [6, 6.07) is 4.10. The summed E-state index contributed by atoms with van der Waals surface area (Å²) < 4.78 is 41.0. The van der Waals surface area contributed by atoms with Gasteiger partial charge in [-0.3, -0.25) is 4.79 Å². The molecule has 0 radical (unpaired) electrons. The van der Waals surface area contributed by atoms with E-state index in [0.717, 1.165) is 0 Å². The van der Waals surface area contributed by atoms with E-state index in [1.165, 1.54) is 30.2 Å². The van der Waals surface area contributed by atoms with Crippen LogP contribution in [-0.4, -0.2) is 33.2 Å². The molecule has 5 nitrogen and oxygen atoms in total. The zero-order valence-electron chi connectivity index (χ0n) is 9.97. The van der Waals surface area contributed by atoms with E-state index in [1.807, 2.05) is 0 Å². The fourth-order valence-corrected chi connectivity index (χ4v) is 3.04. The van der Waals surface area contributed by atoms with Gasteiger partial charge in [-0.1, -0.05) is 6.07 Å². The predicted octanol–water partition coefficient (Wildman–Crippen LogP) is 1.51. The van der Waals surface area contributed by atoms with Gasteiger partial charge in [0.15, 0.2) is 11.6 Å². The summed E-state index contributed by atoms with van der Waals surface area (Å²) in [5, 5.41) is -0.991. The van der Waals surface area contributed by atoms with Gasteiger partial charge < -0.3 is 9.64 Å². The second kappa shape index (κ2) is 4.97. The van der Waals surface area contributed by atoms with Crippen LogP contribution in [0.15, 0.2) is 18.2 Å². The Labute approximate surface area is 114 Å². The summed E-state index contributed by atoms with van der Waals surface area (Å²) in [5.74, 6) is -1.15. The van der Waals surface area contributed by atoms with Crippen molar-refractivity contribution in [1.29, 1.82) is 0 Å². The number of hydrogen-bond acceptors (Lipinski definition) is 4. The molecular weight excluding hydrogens is 297 g/mol. The Morgan fingerprint density at radius 1 is 1.47 bits per heavy atom. The molecule has 19 heavy (non-hydrogen) atoms. The Bertz CT molecular complexity index is 619. The zero-order valence-corrected chi connectivity index (χ0v) is 11.5. The number of methoxy groups -OCH3 is 1. The van der Waals surface area contributed by atoms with E-state index >= 15 is 0 Å². The zero-order chi connectivity index (χ0) is 14.2. The molecule has 0 bridgehead atoms. The van der Waals surface area contributed by atoms with E-state index in [2.05, 4.69) is 0 Å². The molecule has 0 N–H and O–H groups in total. The third-order valence-electron chi connectivity index (χ3n) is 2.93. The van der Waals surface area contributed by atoms with Crippen molar-refractivity contribution in [3.63, 3.8) is 0 Å². The van der Waals surface area contributed by atoms with Gasteiger partial charge >= 0.3 is 0 Å². The van der Waals surface area contributed by atoms with Crippen LogP contribution >= 0.6 is 10.7 Å². The molecule has 1 unspecified atom stereocenters. The van der Waals surface area contributed by atoms with Crippen LogP contribution in [0.25, 0.3) is 0 Å². The molecule has 1 fully saturated rings. The fourth-order valence-electron chi connectivity index (χ4n) is 2.01. The smallest absolute Gasteiger partial charge is 0.237 e. The maximum absolute atomic E-state index is 13.6. The molecular formula is C11H11ClFNO4S. The summed E-state index contributed by atoms with van der Waals surface area (Å²) in [6.07, 6.45) is -0.217. The third-order valence-corrected chi connectivity index (χ3v) is 4.80. The van der Waals surface area contributed by atoms with Crippen LogP contribution in [0.1, 0.15) is 6.42 Å². The number of rotatable bonds is 3. The second-order valence-electron chi connectivity index (χ2n) is 4.10. The first-order valence-corrected chi connectivity index (χ1v) is 7.78. The van der Waals surface area contributed by atoms with E-state index in [1.54, 1.807) is 0 Å². The van der Waals surface area contributed by atoms with Gasteiger partial charge in [0.25, 0.3) is 0 Å². The molecule has 8 heteroatoms. The quantitative estimate of drug-likeness (QED) is 0.794. The monoisotopic (exact) mass is 307 g/mol. The highest BCUT2D eigenvalue weighted by molar-refractivity contribution is 8.14. The lowest BCUT2D eigenvalue weighted by molar-refractivity contribution is -0.117. The van der Waals surface area contributed by atoms with Crippen LogP contribution in [0.5, 0.6) is 5.75 Å². The van der Waals surface area contributed by atoms with Crippen molar-refractivity contribution in [2.24, 2.45) is 0 Å². The van der Waals surface area contributed by atoms with Gasteiger partial charge in [0.2, 0.25) is 15.0 Å². The van der Waals surface area contributed by atoms with Gasteiger partial charge in [-0.25, -0.2) is 12.8 Å². The second-order valence-corrected chi connectivity index (χ2v) is 7.01. The summed E-state index contributed by atoms with van der Waals surface area (Å²) in [6.45, 7) is -0.107. The lowest BCUT2D eigenvalue weighted by Gasteiger charge is -2.19. The molecule has 1 heterocycles. The van der Waals surface area contributed by atoms with Gasteiger partial charge in [0.05, 0.1) is 12.8 Å². The van der Waals surface area contributed by atoms with Crippen LogP contribution in [0, 0.1) is 5.82 Å². The summed E-state index contributed by atoms with van der Waals surface area (Å²) >= 11 is 0. The molecule has 1 aromatic rings. The van der Waals surface area contributed by atoms with Crippen LogP contribution < -0.4 is 9.64 Å².